The van der Waals surface area contributed by atoms with E-state index in [0.29, 0.717) is 22.8 Å². The minimum atomic E-state index is -0.278. The van der Waals surface area contributed by atoms with Gasteiger partial charge in [-0.25, -0.2) is 4.39 Å². The van der Waals surface area contributed by atoms with E-state index in [2.05, 4.69) is 5.32 Å². The van der Waals surface area contributed by atoms with Crippen molar-refractivity contribution < 1.29 is 13.9 Å². The minimum Gasteiger partial charge on any atom is -0.489 e. The molecule has 0 radical (unpaired) electrons. The zero-order valence-corrected chi connectivity index (χ0v) is 17.1. The third kappa shape index (κ3) is 3.90. The molecule has 0 spiro atoms. The number of Topliss-reactive ketones (excluding diaryl/α,β-unsaturated/α-hetero) is 1. The number of benzene rings is 2. The standard InChI is InChI=1S/C23H23FN2O2S/c1-2-26-19-8-5-9-20(27)21(19)22(25-23(26)29)15-10-12-17(13-11-15)28-14-16-6-3-4-7-18(16)24/h3-4,6-7,10-13,22H,2,5,8-9,14H2,1H3,(H,25,29). The predicted octanol–water partition coefficient (Wildman–Crippen LogP) is 4.66. The molecular formula is C23H23FN2O2S. The molecule has 1 unspecified atom stereocenters. The Balaban J connectivity index is 1.56. The summed E-state index contributed by atoms with van der Waals surface area (Å²) in [7, 11) is 0. The Morgan fingerprint density at radius 1 is 1.17 bits per heavy atom. The Morgan fingerprint density at radius 2 is 1.93 bits per heavy atom. The van der Waals surface area contributed by atoms with Crippen LogP contribution in [0.15, 0.2) is 59.8 Å². The van der Waals surface area contributed by atoms with Crippen molar-refractivity contribution in [3.05, 3.63) is 76.7 Å². The number of rotatable bonds is 5. The molecule has 1 atom stereocenters. The Hall–Kier alpha value is -2.73. The zero-order valence-electron chi connectivity index (χ0n) is 16.3. The van der Waals surface area contributed by atoms with E-state index in [4.69, 9.17) is 17.0 Å². The van der Waals surface area contributed by atoms with Crippen molar-refractivity contribution in [3.63, 3.8) is 0 Å². The molecule has 29 heavy (non-hydrogen) atoms. The van der Waals surface area contributed by atoms with Crippen molar-refractivity contribution in [2.45, 2.75) is 38.8 Å². The predicted molar refractivity (Wildman–Crippen MR) is 114 cm³/mol. The first-order chi connectivity index (χ1) is 14.1. The number of nitrogens with one attached hydrogen (secondary N) is 1. The first-order valence-electron chi connectivity index (χ1n) is 9.89. The van der Waals surface area contributed by atoms with Crippen LogP contribution in [0.4, 0.5) is 4.39 Å². The van der Waals surface area contributed by atoms with Gasteiger partial charge in [0.05, 0.1) is 6.04 Å². The van der Waals surface area contributed by atoms with Crippen LogP contribution in [0.25, 0.3) is 0 Å². The second-order valence-corrected chi connectivity index (χ2v) is 7.60. The van der Waals surface area contributed by atoms with Gasteiger partial charge in [0.25, 0.3) is 0 Å². The molecule has 0 saturated carbocycles. The van der Waals surface area contributed by atoms with Gasteiger partial charge in [-0.3, -0.25) is 4.79 Å². The van der Waals surface area contributed by atoms with E-state index in [-0.39, 0.29) is 24.2 Å². The lowest BCUT2D eigenvalue weighted by Gasteiger charge is -2.40. The molecule has 2 aliphatic rings. The van der Waals surface area contributed by atoms with E-state index in [1.165, 1.54) is 6.07 Å². The largest absolute Gasteiger partial charge is 0.489 e. The van der Waals surface area contributed by atoms with Crippen LogP contribution in [0, 0.1) is 5.82 Å². The van der Waals surface area contributed by atoms with Gasteiger partial charge in [-0.05, 0) is 55.7 Å². The zero-order chi connectivity index (χ0) is 20.4. The lowest BCUT2D eigenvalue weighted by Crippen LogP contribution is -2.49. The highest BCUT2D eigenvalue weighted by molar-refractivity contribution is 7.80. The van der Waals surface area contributed by atoms with Crippen LogP contribution < -0.4 is 10.1 Å². The molecule has 6 heteroatoms. The topological polar surface area (TPSA) is 41.6 Å². The fraction of sp³-hybridized carbons (Fsp3) is 0.304. The number of hydrogen-bond acceptors (Lipinski definition) is 3. The first-order valence-corrected chi connectivity index (χ1v) is 10.3. The molecule has 1 aliphatic carbocycles. The highest BCUT2D eigenvalue weighted by atomic mass is 32.1. The molecule has 4 rings (SSSR count). The lowest BCUT2D eigenvalue weighted by molar-refractivity contribution is -0.116. The van der Waals surface area contributed by atoms with E-state index in [1.807, 2.05) is 36.1 Å². The number of halogens is 1. The summed E-state index contributed by atoms with van der Waals surface area (Å²) < 4.78 is 19.5. The maximum Gasteiger partial charge on any atom is 0.173 e. The number of hydrogen-bond donors (Lipinski definition) is 1. The molecule has 4 nitrogen and oxygen atoms in total. The van der Waals surface area contributed by atoms with Gasteiger partial charge in [0.2, 0.25) is 0 Å². The Kier molecular flexibility index (Phi) is 5.62. The molecule has 0 bridgehead atoms. The second-order valence-electron chi connectivity index (χ2n) is 7.21. The number of ketones is 1. The summed E-state index contributed by atoms with van der Waals surface area (Å²) in [6, 6.07) is 13.9. The maximum atomic E-state index is 13.7. The van der Waals surface area contributed by atoms with E-state index in [0.717, 1.165) is 36.2 Å². The molecule has 0 fully saturated rings. The van der Waals surface area contributed by atoms with E-state index < -0.39 is 0 Å². The normalized spacial score (nSPS) is 19.1. The van der Waals surface area contributed by atoms with Crippen molar-refractivity contribution in [1.29, 1.82) is 0 Å². The number of thiocarbonyl (C=S) groups is 1. The fourth-order valence-electron chi connectivity index (χ4n) is 3.97. The molecule has 1 N–H and O–H groups in total. The highest BCUT2D eigenvalue weighted by Gasteiger charge is 2.36. The molecule has 1 heterocycles. The molecular weight excluding hydrogens is 387 g/mol. The molecule has 2 aromatic rings. The van der Waals surface area contributed by atoms with Crippen molar-refractivity contribution in [1.82, 2.24) is 10.2 Å². The lowest BCUT2D eigenvalue weighted by atomic mass is 9.85. The summed E-state index contributed by atoms with van der Waals surface area (Å²) in [5.41, 5.74) is 3.35. The second kappa shape index (κ2) is 8.33. The maximum absolute atomic E-state index is 13.7. The monoisotopic (exact) mass is 410 g/mol. The number of carbonyl (C=O) groups is 1. The van der Waals surface area contributed by atoms with Gasteiger partial charge in [-0.15, -0.1) is 0 Å². The van der Waals surface area contributed by atoms with Gasteiger partial charge in [0, 0.05) is 29.8 Å². The van der Waals surface area contributed by atoms with Crippen molar-refractivity contribution in [2.75, 3.05) is 6.54 Å². The Bertz CT molecular complexity index is 971. The van der Waals surface area contributed by atoms with Gasteiger partial charge in [-0.1, -0.05) is 30.3 Å². The third-order valence-corrected chi connectivity index (χ3v) is 5.78. The number of ether oxygens (including phenoxy) is 1. The summed E-state index contributed by atoms with van der Waals surface area (Å²) >= 11 is 5.55. The molecule has 0 amide bonds. The molecule has 0 saturated heterocycles. The molecule has 2 aromatic carbocycles. The van der Waals surface area contributed by atoms with Crippen molar-refractivity contribution in [3.8, 4) is 5.75 Å². The van der Waals surface area contributed by atoms with Gasteiger partial charge in [0.15, 0.2) is 10.9 Å². The number of nitrogens with zero attached hydrogens (tertiary/aromatic N) is 1. The number of carbonyl (C=O) groups excluding carboxylic acids is 1. The van der Waals surface area contributed by atoms with Gasteiger partial charge in [-0.2, -0.15) is 0 Å². The quantitative estimate of drug-likeness (QED) is 0.726. The van der Waals surface area contributed by atoms with Gasteiger partial charge >= 0.3 is 0 Å². The average Bonchev–Trinajstić information content (AvgIpc) is 2.73. The highest BCUT2D eigenvalue weighted by Crippen LogP contribution is 2.37. The minimum absolute atomic E-state index is 0.164. The average molecular weight is 411 g/mol. The van der Waals surface area contributed by atoms with Crippen LogP contribution >= 0.6 is 12.2 Å². The molecule has 150 valence electrons. The molecule has 0 aromatic heterocycles. The molecule has 1 aliphatic heterocycles. The summed E-state index contributed by atoms with van der Waals surface area (Å²) in [6.07, 6.45) is 2.31. The fourth-order valence-corrected chi connectivity index (χ4v) is 4.33. The summed E-state index contributed by atoms with van der Waals surface area (Å²) in [5, 5.41) is 3.99. The first kappa shape index (κ1) is 19.6. The third-order valence-electron chi connectivity index (χ3n) is 5.44. The summed E-state index contributed by atoms with van der Waals surface area (Å²) in [6.45, 7) is 2.95. The van der Waals surface area contributed by atoms with Crippen LogP contribution in [0.5, 0.6) is 5.75 Å². The number of allylic oxidation sites excluding steroid dienone is 1. The van der Waals surface area contributed by atoms with Crippen molar-refractivity contribution >= 4 is 23.1 Å². The van der Waals surface area contributed by atoms with Gasteiger partial charge < -0.3 is 15.0 Å². The van der Waals surface area contributed by atoms with Crippen LogP contribution in [0.3, 0.4) is 0 Å². The van der Waals surface area contributed by atoms with E-state index in [9.17, 15) is 9.18 Å². The summed E-state index contributed by atoms with van der Waals surface area (Å²) in [5.74, 6) is 0.555. The smallest absolute Gasteiger partial charge is 0.173 e. The van der Waals surface area contributed by atoms with Crippen LogP contribution in [-0.4, -0.2) is 22.3 Å². The van der Waals surface area contributed by atoms with E-state index >= 15 is 0 Å². The van der Waals surface area contributed by atoms with Gasteiger partial charge in [0.1, 0.15) is 18.2 Å². The SMILES string of the molecule is CCN1C(=S)NC(c2ccc(OCc3ccccc3F)cc2)C2=C1CCCC2=O. The van der Waals surface area contributed by atoms with Crippen LogP contribution in [0.2, 0.25) is 0 Å². The van der Waals surface area contributed by atoms with Crippen LogP contribution in [-0.2, 0) is 11.4 Å². The summed E-state index contributed by atoms with van der Waals surface area (Å²) in [4.78, 5) is 14.7. The van der Waals surface area contributed by atoms with E-state index in [1.54, 1.807) is 18.2 Å². The Labute approximate surface area is 175 Å². The van der Waals surface area contributed by atoms with Crippen molar-refractivity contribution in [2.24, 2.45) is 0 Å². The van der Waals surface area contributed by atoms with Crippen LogP contribution in [0.1, 0.15) is 43.4 Å². The Morgan fingerprint density at radius 3 is 2.66 bits per heavy atom.